The normalized spacial score (nSPS) is 20.6. The molecule has 16 heavy (non-hydrogen) atoms. The van der Waals surface area contributed by atoms with Gasteiger partial charge in [0.15, 0.2) is 0 Å². The lowest BCUT2D eigenvalue weighted by molar-refractivity contribution is -0.117. The lowest BCUT2D eigenvalue weighted by Gasteiger charge is -2.20. The van der Waals surface area contributed by atoms with Crippen molar-refractivity contribution in [1.82, 2.24) is 0 Å². The van der Waals surface area contributed by atoms with Crippen LogP contribution in [0.2, 0.25) is 5.02 Å². The van der Waals surface area contributed by atoms with Gasteiger partial charge in [-0.15, -0.1) is 0 Å². The van der Waals surface area contributed by atoms with Crippen LogP contribution >= 0.6 is 24.2 Å². The van der Waals surface area contributed by atoms with Crippen molar-refractivity contribution in [3.63, 3.8) is 0 Å². The van der Waals surface area contributed by atoms with E-state index < -0.39 is 0 Å². The third-order valence-corrected chi connectivity index (χ3v) is 3.74. The summed E-state index contributed by atoms with van der Waals surface area (Å²) in [5.74, 6) is 1.23. The number of hydrogen-bond donors (Lipinski definition) is 1. The first-order chi connectivity index (χ1) is 7.63. The third-order valence-electron chi connectivity index (χ3n) is 2.92. The number of carbonyl (C=O) groups excluding carboxylic acids is 1. The summed E-state index contributed by atoms with van der Waals surface area (Å²) >= 11 is 10.4. The van der Waals surface area contributed by atoms with Crippen molar-refractivity contribution >= 4 is 35.8 Å². The van der Waals surface area contributed by atoms with Crippen LogP contribution in [-0.2, 0) is 4.79 Å². The third kappa shape index (κ3) is 2.06. The van der Waals surface area contributed by atoms with E-state index in [1.807, 2.05) is 25.1 Å². The minimum Gasteiger partial charge on any atom is -0.310 e. The second-order valence-corrected chi connectivity index (χ2v) is 4.93. The van der Waals surface area contributed by atoms with Crippen molar-refractivity contribution < 1.29 is 4.79 Å². The molecule has 1 aliphatic heterocycles. The number of para-hydroxylation sites is 1. The first-order valence-electron chi connectivity index (χ1n) is 5.30. The molecule has 1 aliphatic rings. The Hall–Kier alpha value is -0.670. The second kappa shape index (κ2) is 4.68. The summed E-state index contributed by atoms with van der Waals surface area (Å²) in [7, 11) is 0. The summed E-state index contributed by atoms with van der Waals surface area (Å²) in [5.41, 5.74) is 1.90. The van der Waals surface area contributed by atoms with Crippen LogP contribution in [0.25, 0.3) is 0 Å². The molecule has 0 aromatic heterocycles. The molecule has 1 aromatic rings. The largest absolute Gasteiger partial charge is 0.310 e. The fourth-order valence-electron chi connectivity index (χ4n) is 2.08. The molecule has 0 bridgehead atoms. The molecule has 1 saturated heterocycles. The number of halogens is 1. The zero-order valence-corrected chi connectivity index (χ0v) is 10.8. The van der Waals surface area contributed by atoms with E-state index in [0.717, 1.165) is 23.5 Å². The summed E-state index contributed by atoms with van der Waals surface area (Å²) < 4.78 is 0. The standard InChI is InChI=1S/C12H14ClNOS/c1-8-3-2-4-10(13)12(8)14-6-9(7-16)5-11(14)15/h2-4,9,16H,5-7H2,1H3. The van der Waals surface area contributed by atoms with E-state index in [4.69, 9.17) is 11.6 Å². The molecular formula is C12H14ClNOS. The van der Waals surface area contributed by atoms with Gasteiger partial charge < -0.3 is 4.90 Å². The van der Waals surface area contributed by atoms with Gasteiger partial charge in [-0.2, -0.15) is 12.6 Å². The van der Waals surface area contributed by atoms with Crippen molar-refractivity contribution in [2.24, 2.45) is 5.92 Å². The van der Waals surface area contributed by atoms with E-state index in [-0.39, 0.29) is 5.91 Å². The summed E-state index contributed by atoms with van der Waals surface area (Å²) in [5, 5.41) is 0.646. The Morgan fingerprint density at radius 3 is 2.88 bits per heavy atom. The number of nitrogens with zero attached hydrogens (tertiary/aromatic N) is 1. The Bertz CT molecular complexity index is 401. The average Bonchev–Trinajstić information content (AvgIpc) is 2.60. The molecule has 0 N–H and O–H groups in total. The van der Waals surface area contributed by atoms with Crippen LogP contribution in [0.3, 0.4) is 0 Å². The second-order valence-electron chi connectivity index (χ2n) is 4.16. The Balaban J connectivity index is 2.35. The zero-order chi connectivity index (χ0) is 11.7. The van der Waals surface area contributed by atoms with Crippen molar-refractivity contribution in [1.29, 1.82) is 0 Å². The van der Waals surface area contributed by atoms with Crippen molar-refractivity contribution in [3.8, 4) is 0 Å². The first-order valence-corrected chi connectivity index (χ1v) is 6.31. The van der Waals surface area contributed by atoms with Gasteiger partial charge >= 0.3 is 0 Å². The Labute approximate surface area is 106 Å². The Kier molecular flexibility index (Phi) is 3.45. The maximum atomic E-state index is 11.9. The van der Waals surface area contributed by atoms with Crippen LogP contribution in [0.1, 0.15) is 12.0 Å². The summed E-state index contributed by atoms with van der Waals surface area (Å²) in [6.07, 6.45) is 0.578. The molecule has 1 amide bonds. The van der Waals surface area contributed by atoms with Gasteiger partial charge in [0, 0.05) is 13.0 Å². The highest BCUT2D eigenvalue weighted by Crippen LogP contribution is 2.34. The highest BCUT2D eigenvalue weighted by atomic mass is 35.5. The van der Waals surface area contributed by atoms with Gasteiger partial charge in [0.25, 0.3) is 0 Å². The molecule has 1 heterocycles. The average molecular weight is 256 g/mol. The van der Waals surface area contributed by atoms with Gasteiger partial charge in [0.05, 0.1) is 10.7 Å². The van der Waals surface area contributed by atoms with Crippen molar-refractivity contribution in [2.45, 2.75) is 13.3 Å². The van der Waals surface area contributed by atoms with Gasteiger partial charge in [-0.1, -0.05) is 23.7 Å². The summed E-state index contributed by atoms with van der Waals surface area (Å²) in [6, 6.07) is 5.70. The van der Waals surface area contributed by atoms with Crippen LogP contribution in [0, 0.1) is 12.8 Å². The number of amides is 1. The quantitative estimate of drug-likeness (QED) is 0.806. The van der Waals surface area contributed by atoms with E-state index in [1.165, 1.54) is 0 Å². The molecule has 0 aliphatic carbocycles. The van der Waals surface area contributed by atoms with E-state index in [9.17, 15) is 4.79 Å². The first kappa shape index (κ1) is 11.8. The molecule has 1 atom stereocenters. The smallest absolute Gasteiger partial charge is 0.227 e. The van der Waals surface area contributed by atoms with Gasteiger partial charge in [0.2, 0.25) is 5.91 Å². The van der Waals surface area contributed by atoms with Crippen LogP contribution in [-0.4, -0.2) is 18.2 Å². The maximum Gasteiger partial charge on any atom is 0.227 e. The minimum atomic E-state index is 0.148. The maximum absolute atomic E-state index is 11.9. The minimum absolute atomic E-state index is 0.148. The molecule has 1 fully saturated rings. The number of carbonyl (C=O) groups is 1. The number of anilines is 1. The predicted octanol–water partition coefficient (Wildman–Crippen LogP) is 2.93. The molecule has 1 unspecified atom stereocenters. The van der Waals surface area contributed by atoms with E-state index in [1.54, 1.807) is 4.90 Å². The molecular weight excluding hydrogens is 242 g/mol. The number of hydrogen-bond acceptors (Lipinski definition) is 2. The summed E-state index contributed by atoms with van der Waals surface area (Å²) in [4.78, 5) is 13.7. The SMILES string of the molecule is Cc1cccc(Cl)c1N1CC(CS)CC1=O. The van der Waals surface area contributed by atoms with Gasteiger partial charge in [-0.05, 0) is 30.2 Å². The molecule has 4 heteroatoms. The fourth-order valence-corrected chi connectivity index (χ4v) is 2.65. The molecule has 2 rings (SSSR count). The highest BCUT2D eigenvalue weighted by molar-refractivity contribution is 7.80. The Morgan fingerprint density at radius 2 is 2.31 bits per heavy atom. The number of aryl methyl sites for hydroxylation is 1. The van der Waals surface area contributed by atoms with Crippen LogP contribution in [0.5, 0.6) is 0 Å². The van der Waals surface area contributed by atoms with Gasteiger partial charge in [-0.25, -0.2) is 0 Å². The monoisotopic (exact) mass is 255 g/mol. The van der Waals surface area contributed by atoms with Crippen LogP contribution in [0.4, 0.5) is 5.69 Å². The lowest BCUT2D eigenvalue weighted by Crippen LogP contribution is -2.25. The highest BCUT2D eigenvalue weighted by Gasteiger charge is 2.31. The fraction of sp³-hybridized carbons (Fsp3) is 0.417. The number of benzene rings is 1. The Morgan fingerprint density at radius 1 is 1.56 bits per heavy atom. The zero-order valence-electron chi connectivity index (χ0n) is 9.11. The molecule has 0 spiro atoms. The molecule has 0 saturated carbocycles. The number of thiol groups is 1. The summed E-state index contributed by atoms with van der Waals surface area (Å²) in [6.45, 7) is 2.70. The van der Waals surface area contributed by atoms with Crippen LogP contribution in [0.15, 0.2) is 18.2 Å². The molecule has 2 nitrogen and oxygen atoms in total. The van der Waals surface area contributed by atoms with Gasteiger partial charge in [-0.3, -0.25) is 4.79 Å². The predicted molar refractivity (Wildman–Crippen MR) is 70.5 cm³/mol. The van der Waals surface area contributed by atoms with E-state index >= 15 is 0 Å². The van der Waals surface area contributed by atoms with Crippen LogP contribution < -0.4 is 4.90 Å². The van der Waals surface area contributed by atoms with E-state index in [2.05, 4.69) is 12.6 Å². The molecule has 1 aromatic carbocycles. The molecule has 86 valence electrons. The molecule has 0 radical (unpaired) electrons. The van der Waals surface area contributed by atoms with Crippen molar-refractivity contribution in [2.75, 3.05) is 17.2 Å². The lowest BCUT2D eigenvalue weighted by atomic mass is 10.1. The topological polar surface area (TPSA) is 20.3 Å². The van der Waals surface area contributed by atoms with E-state index in [0.29, 0.717) is 17.4 Å². The van der Waals surface area contributed by atoms with Crippen molar-refractivity contribution in [3.05, 3.63) is 28.8 Å². The van der Waals surface area contributed by atoms with Gasteiger partial charge in [0.1, 0.15) is 0 Å². The number of rotatable bonds is 2.